The Labute approximate surface area is 129 Å². The summed E-state index contributed by atoms with van der Waals surface area (Å²) in [5, 5.41) is 3.10. The van der Waals surface area contributed by atoms with Crippen LogP contribution < -0.4 is 11.1 Å². The van der Waals surface area contributed by atoms with Crippen LogP contribution in [0.15, 0.2) is 0 Å². The third-order valence-electron chi connectivity index (χ3n) is 4.31. The molecule has 1 amide bonds. The van der Waals surface area contributed by atoms with Crippen LogP contribution in [-0.2, 0) is 4.79 Å². The van der Waals surface area contributed by atoms with Crippen LogP contribution in [0.4, 0.5) is 0 Å². The Morgan fingerprint density at radius 2 is 1.65 bits per heavy atom. The topological polar surface area (TPSA) is 55.1 Å². The SMILES string of the molecule is CCCCCCCCCC(=O)NC1(C(N)=S)CCCC1. The first-order chi connectivity index (χ1) is 9.60. The van der Waals surface area contributed by atoms with Gasteiger partial charge in [-0.1, -0.05) is 70.5 Å². The second-order valence-corrected chi connectivity index (χ2v) is 6.51. The van der Waals surface area contributed by atoms with E-state index in [2.05, 4.69) is 12.2 Å². The number of unbranched alkanes of at least 4 members (excludes halogenated alkanes) is 6. The van der Waals surface area contributed by atoms with Crippen LogP contribution in [0.3, 0.4) is 0 Å². The average molecular weight is 298 g/mol. The van der Waals surface area contributed by atoms with Gasteiger partial charge < -0.3 is 11.1 Å². The molecular formula is C16H30N2OS. The molecule has 0 aromatic carbocycles. The molecule has 0 radical (unpaired) electrons. The van der Waals surface area contributed by atoms with Crippen molar-refractivity contribution >= 4 is 23.1 Å². The van der Waals surface area contributed by atoms with Crippen molar-refractivity contribution in [2.45, 2.75) is 89.5 Å². The van der Waals surface area contributed by atoms with Crippen molar-refractivity contribution in [2.24, 2.45) is 5.73 Å². The van der Waals surface area contributed by atoms with E-state index in [1.807, 2.05) is 0 Å². The molecule has 0 spiro atoms. The zero-order valence-corrected chi connectivity index (χ0v) is 13.7. The fourth-order valence-electron chi connectivity index (χ4n) is 2.98. The highest BCUT2D eigenvalue weighted by atomic mass is 32.1. The van der Waals surface area contributed by atoms with Gasteiger partial charge in [0.25, 0.3) is 0 Å². The molecule has 3 N–H and O–H groups in total. The molecule has 0 heterocycles. The molecule has 0 aliphatic heterocycles. The predicted octanol–water partition coefficient (Wildman–Crippen LogP) is 3.84. The first kappa shape index (κ1) is 17.4. The lowest BCUT2D eigenvalue weighted by Gasteiger charge is -2.29. The molecule has 1 aliphatic rings. The number of rotatable bonds is 10. The quantitative estimate of drug-likeness (QED) is 0.476. The molecule has 1 fully saturated rings. The summed E-state index contributed by atoms with van der Waals surface area (Å²) in [5.74, 6) is 0.119. The Bertz CT molecular complexity index is 312. The Balaban J connectivity index is 2.15. The highest BCUT2D eigenvalue weighted by molar-refractivity contribution is 7.80. The highest BCUT2D eigenvalue weighted by Crippen LogP contribution is 2.30. The minimum Gasteiger partial charge on any atom is -0.391 e. The molecule has 1 rings (SSSR count). The van der Waals surface area contributed by atoms with Gasteiger partial charge >= 0.3 is 0 Å². The maximum Gasteiger partial charge on any atom is 0.220 e. The summed E-state index contributed by atoms with van der Waals surface area (Å²) in [6, 6.07) is 0. The lowest BCUT2D eigenvalue weighted by molar-refractivity contribution is -0.122. The van der Waals surface area contributed by atoms with Crippen LogP contribution in [0.2, 0.25) is 0 Å². The smallest absolute Gasteiger partial charge is 0.220 e. The van der Waals surface area contributed by atoms with Crippen molar-refractivity contribution in [3.63, 3.8) is 0 Å². The Morgan fingerprint density at radius 1 is 1.10 bits per heavy atom. The summed E-state index contributed by atoms with van der Waals surface area (Å²) in [6.45, 7) is 2.23. The van der Waals surface area contributed by atoms with E-state index in [9.17, 15) is 4.79 Å². The number of hydrogen-bond donors (Lipinski definition) is 2. The van der Waals surface area contributed by atoms with Crippen LogP contribution >= 0.6 is 12.2 Å². The summed E-state index contributed by atoms with van der Waals surface area (Å²) >= 11 is 5.14. The average Bonchev–Trinajstić information content (AvgIpc) is 2.87. The minimum absolute atomic E-state index is 0.119. The van der Waals surface area contributed by atoms with E-state index in [1.165, 1.54) is 32.1 Å². The third-order valence-corrected chi connectivity index (χ3v) is 4.71. The first-order valence-corrected chi connectivity index (χ1v) is 8.62. The summed E-state index contributed by atoms with van der Waals surface area (Å²) in [5.41, 5.74) is 5.44. The van der Waals surface area contributed by atoms with E-state index in [1.54, 1.807) is 0 Å². The van der Waals surface area contributed by atoms with Gasteiger partial charge in [-0.15, -0.1) is 0 Å². The van der Waals surface area contributed by atoms with Crippen LogP contribution in [0, 0.1) is 0 Å². The van der Waals surface area contributed by atoms with Gasteiger partial charge in [0, 0.05) is 6.42 Å². The molecule has 4 heteroatoms. The monoisotopic (exact) mass is 298 g/mol. The van der Waals surface area contributed by atoms with Crippen molar-refractivity contribution in [3.05, 3.63) is 0 Å². The number of nitrogens with two attached hydrogens (primary N) is 1. The van der Waals surface area contributed by atoms with Gasteiger partial charge in [-0.25, -0.2) is 0 Å². The number of thiocarbonyl (C=S) groups is 1. The lowest BCUT2D eigenvalue weighted by atomic mass is 9.97. The molecule has 3 nitrogen and oxygen atoms in total. The second kappa shape index (κ2) is 9.32. The lowest BCUT2D eigenvalue weighted by Crippen LogP contribution is -2.54. The molecule has 0 saturated heterocycles. The molecule has 20 heavy (non-hydrogen) atoms. The Hall–Kier alpha value is -0.640. The van der Waals surface area contributed by atoms with Gasteiger partial charge in [-0.2, -0.15) is 0 Å². The van der Waals surface area contributed by atoms with Crippen LogP contribution in [0.1, 0.15) is 84.0 Å². The molecule has 0 aromatic rings. The molecule has 116 valence electrons. The molecule has 0 atom stereocenters. The molecule has 0 unspecified atom stereocenters. The van der Waals surface area contributed by atoms with Gasteiger partial charge in [0.1, 0.15) is 0 Å². The van der Waals surface area contributed by atoms with Gasteiger partial charge in [0.15, 0.2) is 0 Å². The van der Waals surface area contributed by atoms with Crippen LogP contribution in [-0.4, -0.2) is 16.4 Å². The normalized spacial score (nSPS) is 17.1. The van der Waals surface area contributed by atoms with Gasteiger partial charge in [-0.05, 0) is 19.3 Å². The Morgan fingerprint density at radius 3 is 2.20 bits per heavy atom. The van der Waals surface area contributed by atoms with E-state index < -0.39 is 0 Å². The molecular weight excluding hydrogens is 268 g/mol. The van der Waals surface area contributed by atoms with Gasteiger partial charge in [-0.3, -0.25) is 4.79 Å². The number of nitrogens with one attached hydrogen (secondary N) is 1. The maximum atomic E-state index is 12.0. The third kappa shape index (κ3) is 5.78. The fraction of sp³-hybridized carbons (Fsp3) is 0.875. The maximum absolute atomic E-state index is 12.0. The predicted molar refractivity (Wildman–Crippen MR) is 88.7 cm³/mol. The van der Waals surface area contributed by atoms with Gasteiger partial charge in [0.05, 0.1) is 10.5 Å². The number of carbonyl (C=O) groups is 1. The first-order valence-electron chi connectivity index (χ1n) is 8.21. The van der Waals surface area contributed by atoms with E-state index in [0.29, 0.717) is 11.4 Å². The molecule has 0 aromatic heterocycles. The zero-order chi connectivity index (χ0) is 14.8. The van der Waals surface area contributed by atoms with Gasteiger partial charge in [0.2, 0.25) is 5.91 Å². The van der Waals surface area contributed by atoms with E-state index in [0.717, 1.165) is 38.5 Å². The summed E-state index contributed by atoms with van der Waals surface area (Å²) in [4.78, 5) is 12.5. The highest BCUT2D eigenvalue weighted by Gasteiger charge is 2.37. The Kier molecular flexibility index (Phi) is 8.12. The van der Waals surface area contributed by atoms with E-state index >= 15 is 0 Å². The number of hydrogen-bond acceptors (Lipinski definition) is 2. The zero-order valence-electron chi connectivity index (χ0n) is 12.9. The minimum atomic E-state index is -0.381. The van der Waals surface area contributed by atoms with Crippen molar-refractivity contribution in [1.82, 2.24) is 5.32 Å². The molecule has 1 aliphatic carbocycles. The number of carbonyl (C=O) groups excluding carboxylic acids is 1. The molecule has 0 bridgehead atoms. The standard InChI is InChI=1S/C16H30N2OS/c1-2-3-4-5-6-7-8-11-14(19)18-16(15(17)20)12-9-10-13-16/h2-13H2,1H3,(H2,17,20)(H,18,19). The van der Waals surface area contributed by atoms with Crippen LogP contribution in [0.25, 0.3) is 0 Å². The summed E-state index contributed by atoms with van der Waals surface area (Å²) in [7, 11) is 0. The summed E-state index contributed by atoms with van der Waals surface area (Å²) in [6.07, 6.45) is 13.2. The van der Waals surface area contributed by atoms with Crippen molar-refractivity contribution in [2.75, 3.05) is 0 Å². The van der Waals surface area contributed by atoms with Crippen molar-refractivity contribution in [1.29, 1.82) is 0 Å². The number of amides is 1. The summed E-state index contributed by atoms with van der Waals surface area (Å²) < 4.78 is 0. The fourth-order valence-corrected chi connectivity index (χ4v) is 3.24. The van der Waals surface area contributed by atoms with Crippen LogP contribution in [0.5, 0.6) is 0 Å². The van der Waals surface area contributed by atoms with Crippen molar-refractivity contribution in [3.8, 4) is 0 Å². The molecule has 1 saturated carbocycles. The van der Waals surface area contributed by atoms with E-state index in [-0.39, 0.29) is 11.4 Å². The second-order valence-electron chi connectivity index (χ2n) is 6.07. The largest absolute Gasteiger partial charge is 0.391 e. The van der Waals surface area contributed by atoms with E-state index in [4.69, 9.17) is 18.0 Å². The van der Waals surface area contributed by atoms with Crippen molar-refractivity contribution < 1.29 is 4.79 Å².